The molecule has 0 radical (unpaired) electrons. The van der Waals surface area contributed by atoms with E-state index in [0.29, 0.717) is 27.9 Å². The van der Waals surface area contributed by atoms with Crippen LogP contribution in [0.3, 0.4) is 0 Å². The first kappa shape index (κ1) is 22.3. The van der Waals surface area contributed by atoms with Gasteiger partial charge in [-0.3, -0.25) is 9.69 Å². The minimum Gasteiger partial charge on any atom is -0.455 e. The van der Waals surface area contributed by atoms with Crippen molar-refractivity contribution in [1.82, 2.24) is 19.7 Å². The van der Waals surface area contributed by atoms with Crippen LogP contribution in [0.2, 0.25) is 0 Å². The Bertz CT molecular complexity index is 1310. The van der Waals surface area contributed by atoms with Crippen LogP contribution in [0.4, 0.5) is 10.8 Å². The Morgan fingerprint density at radius 1 is 1.15 bits per heavy atom. The molecule has 0 aliphatic heterocycles. The minimum atomic E-state index is -0.498. The van der Waals surface area contributed by atoms with Crippen LogP contribution in [-0.4, -0.2) is 31.6 Å². The van der Waals surface area contributed by atoms with Crippen molar-refractivity contribution in [2.75, 3.05) is 4.90 Å². The van der Waals surface area contributed by atoms with Crippen LogP contribution in [0.5, 0.6) is 0 Å². The van der Waals surface area contributed by atoms with Gasteiger partial charge in [0.15, 0.2) is 10.9 Å². The van der Waals surface area contributed by atoms with Crippen LogP contribution >= 0.6 is 11.3 Å². The number of pyridine rings is 1. The van der Waals surface area contributed by atoms with Crippen molar-refractivity contribution in [2.24, 2.45) is 0 Å². The number of hydrogen-bond donors (Lipinski definition) is 0. The van der Waals surface area contributed by atoms with E-state index in [1.807, 2.05) is 50.2 Å². The van der Waals surface area contributed by atoms with E-state index in [1.165, 1.54) is 24.5 Å². The number of amides is 1. The molecule has 0 spiro atoms. The van der Waals surface area contributed by atoms with Gasteiger partial charge in [0.2, 0.25) is 5.91 Å². The molecule has 0 bridgehead atoms. The van der Waals surface area contributed by atoms with E-state index in [2.05, 4.69) is 15.1 Å². The first-order valence-electron chi connectivity index (χ1n) is 10.3. The molecule has 0 aliphatic rings. The van der Waals surface area contributed by atoms with Gasteiger partial charge in [0.05, 0.1) is 23.3 Å². The molecule has 0 saturated heterocycles. The van der Waals surface area contributed by atoms with Crippen LogP contribution in [-0.2, 0) is 16.1 Å². The Kier molecular flexibility index (Phi) is 6.32. The first-order chi connectivity index (χ1) is 15.8. The summed E-state index contributed by atoms with van der Waals surface area (Å²) in [5.41, 5.74) is 4.44. The van der Waals surface area contributed by atoms with Gasteiger partial charge in [-0.25, -0.2) is 19.4 Å². The Morgan fingerprint density at radius 3 is 2.67 bits per heavy atom. The second-order valence-corrected chi connectivity index (χ2v) is 8.42. The maximum absolute atomic E-state index is 12.6. The normalized spacial score (nSPS) is 10.8. The third kappa shape index (κ3) is 4.68. The number of nitrogens with zero attached hydrogens (tertiary/aromatic N) is 5. The zero-order valence-corrected chi connectivity index (χ0v) is 19.6. The smallest absolute Gasteiger partial charge is 0.342 e. The number of hydrogen-bond acceptors (Lipinski definition) is 7. The van der Waals surface area contributed by atoms with Crippen molar-refractivity contribution in [3.05, 3.63) is 82.3 Å². The molecule has 1 amide bonds. The fraction of sp³-hybridized carbons (Fsp3) is 0.208. The highest BCUT2D eigenvalue weighted by atomic mass is 32.1. The number of anilines is 2. The molecule has 168 valence electrons. The molecule has 3 aromatic heterocycles. The van der Waals surface area contributed by atoms with Gasteiger partial charge in [0.1, 0.15) is 12.2 Å². The van der Waals surface area contributed by atoms with Gasteiger partial charge in [0.25, 0.3) is 0 Å². The molecule has 0 unspecified atom stereocenters. The second-order valence-electron chi connectivity index (χ2n) is 7.59. The first-order valence-corrected chi connectivity index (χ1v) is 11.2. The summed E-state index contributed by atoms with van der Waals surface area (Å²) in [4.78, 5) is 35.4. The highest BCUT2D eigenvalue weighted by molar-refractivity contribution is 7.14. The summed E-state index contributed by atoms with van der Waals surface area (Å²) >= 11 is 1.32. The predicted octanol–water partition coefficient (Wildman–Crippen LogP) is 4.69. The molecular weight excluding hydrogens is 438 g/mol. The number of thiazole rings is 1. The fourth-order valence-electron chi connectivity index (χ4n) is 3.47. The molecular formula is C24H23N5O3S. The van der Waals surface area contributed by atoms with Gasteiger partial charge in [-0.05, 0) is 44.5 Å². The number of aromatic nitrogens is 4. The molecule has 0 saturated carbocycles. The van der Waals surface area contributed by atoms with Gasteiger partial charge < -0.3 is 4.74 Å². The van der Waals surface area contributed by atoms with Crippen LogP contribution < -0.4 is 4.90 Å². The van der Waals surface area contributed by atoms with E-state index in [0.717, 1.165) is 16.8 Å². The largest absolute Gasteiger partial charge is 0.455 e. The Morgan fingerprint density at radius 2 is 1.97 bits per heavy atom. The van der Waals surface area contributed by atoms with Gasteiger partial charge in [0, 0.05) is 18.5 Å². The zero-order valence-electron chi connectivity index (χ0n) is 18.8. The number of carbonyl (C=O) groups is 2. The summed E-state index contributed by atoms with van der Waals surface area (Å²) in [6.07, 6.45) is 3.13. The fourth-order valence-corrected chi connectivity index (χ4v) is 4.33. The van der Waals surface area contributed by atoms with Crippen LogP contribution in [0.1, 0.15) is 39.8 Å². The van der Waals surface area contributed by atoms with Crippen molar-refractivity contribution in [1.29, 1.82) is 0 Å². The number of carbonyl (C=O) groups excluding carboxylic acids is 2. The van der Waals surface area contributed by atoms with E-state index >= 15 is 0 Å². The summed E-state index contributed by atoms with van der Waals surface area (Å²) in [7, 11) is 0. The quantitative estimate of drug-likeness (QED) is 0.387. The zero-order chi connectivity index (χ0) is 23.5. The van der Waals surface area contributed by atoms with Crippen molar-refractivity contribution >= 4 is 34.0 Å². The number of ether oxygens (including phenoxy) is 1. The Labute approximate surface area is 195 Å². The summed E-state index contributed by atoms with van der Waals surface area (Å²) in [5, 5.41) is 6.56. The lowest BCUT2D eigenvalue weighted by atomic mass is 10.1. The molecule has 4 aromatic rings. The molecule has 0 N–H and O–H groups in total. The van der Waals surface area contributed by atoms with Crippen molar-refractivity contribution in [3.8, 4) is 5.82 Å². The molecule has 4 rings (SSSR count). The summed E-state index contributed by atoms with van der Waals surface area (Å²) in [6, 6.07) is 11.4. The molecule has 0 atom stereocenters. The van der Waals surface area contributed by atoms with Gasteiger partial charge in [-0.15, -0.1) is 11.3 Å². The SMILES string of the molecule is CC(=O)N(c1nc(COC(=O)c2cnn(-c3ccccn3)c2C)cs1)c1ccc(C)cc1C. The number of benzene rings is 1. The topological polar surface area (TPSA) is 90.2 Å². The average molecular weight is 462 g/mol. The molecule has 33 heavy (non-hydrogen) atoms. The lowest BCUT2D eigenvalue weighted by molar-refractivity contribution is -0.115. The summed E-state index contributed by atoms with van der Waals surface area (Å²) in [5.74, 6) is -0.0200. The molecule has 0 aliphatic carbocycles. The van der Waals surface area contributed by atoms with Crippen LogP contribution in [0.25, 0.3) is 5.82 Å². The molecule has 1 aromatic carbocycles. The van der Waals surface area contributed by atoms with Gasteiger partial charge >= 0.3 is 5.97 Å². The second kappa shape index (κ2) is 9.33. The number of aryl methyl sites for hydroxylation is 2. The lowest BCUT2D eigenvalue weighted by Crippen LogP contribution is -2.23. The summed E-state index contributed by atoms with van der Waals surface area (Å²) in [6.45, 7) is 7.24. The van der Waals surface area contributed by atoms with E-state index in [-0.39, 0.29) is 12.5 Å². The molecule has 0 fully saturated rings. The summed E-state index contributed by atoms with van der Waals surface area (Å²) < 4.78 is 7.06. The van der Waals surface area contributed by atoms with Crippen molar-refractivity contribution < 1.29 is 14.3 Å². The Balaban J connectivity index is 1.48. The third-order valence-corrected chi connectivity index (χ3v) is 5.96. The Hall–Kier alpha value is -3.85. The van der Waals surface area contributed by atoms with E-state index in [4.69, 9.17) is 4.74 Å². The standard InChI is InChI=1S/C24H23N5O3S/c1-15-8-9-21(16(2)11-15)28(18(4)30)24-27-19(14-33-24)13-32-23(31)20-12-26-29(17(20)3)22-7-5-6-10-25-22/h5-12,14H,13H2,1-4H3. The maximum Gasteiger partial charge on any atom is 0.342 e. The molecule has 3 heterocycles. The average Bonchev–Trinajstić information content (AvgIpc) is 3.41. The number of esters is 1. The third-order valence-electron chi connectivity index (χ3n) is 5.09. The van der Waals surface area contributed by atoms with E-state index in [1.54, 1.807) is 28.1 Å². The monoisotopic (exact) mass is 461 g/mol. The van der Waals surface area contributed by atoms with Crippen molar-refractivity contribution in [2.45, 2.75) is 34.3 Å². The highest BCUT2D eigenvalue weighted by Crippen LogP contribution is 2.32. The van der Waals surface area contributed by atoms with Gasteiger partial charge in [-0.2, -0.15) is 5.10 Å². The van der Waals surface area contributed by atoms with Crippen molar-refractivity contribution in [3.63, 3.8) is 0 Å². The minimum absolute atomic E-state index is 0.0117. The lowest BCUT2D eigenvalue weighted by Gasteiger charge is -2.20. The highest BCUT2D eigenvalue weighted by Gasteiger charge is 2.21. The van der Waals surface area contributed by atoms with Crippen LogP contribution in [0.15, 0.2) is 54.2 Å². The van der Waals surface area contributed by atoms with Gasteiger partial charge in [-0.1, -0.05) is 23.8 Å². The molecule has 8 nitrogen and oxygen atoms in total. The van der Waals surface area contributed by atoms with E-state index < -0.39 is 5.97 Å². The van der Waals surface area contributed by atoms with E-state index in [9.17, 15) is 9.59 Å². The maximum atomic E-state index is 12.6. The van der Waals surface area contributed by atoms with Crippen LogP contribution in [0, 0.1) is 20.8 Å². The molecule has 9 heteroatoms. The number of rotatable bonds is 6. The predicted molar refractivity (Wildman–Crippen MR) is 126 cm³/mol.